The Bertz CT molecular complexity index is 436. The number of nitrogens with one attached hydrogen (secondary N) is 1. The lowest BCUT2D eigenvalue weighted by molar-refractivity contribution is -0.120. The van der Waals surface area contributed by atoms with Gasteiger partial charge in [-0.2, -0.15) is 0 Å². The van der Waals surface area contributed by atoms with E-state index < -0.39 is 0 Å². The molecule has 0 unspecified atom stereocenters. The van der Waals surface area contributed by atoms with Gasteiger partial charge in [0.1, 0.15) is 5.70 Å². The summed E-state index contributed by atoms with van der Waals surface area (Å²) in [5.41, 5.74) is 0.382. The van der Waals surface area contributed by atoms with Gasteiger partial charge in [0.25, 0.3) is 5.91 Å². The molecule has 5 nitrogen and oxygen atoms in total. The number of unbranched alkanes of at least 4 members (excludes halogenated alkanes) is 2. The predicted molar refractivity (Wildman–Crippen MR) is 88.0 cm³/mol. The molecule has 2 aliphatic rings. The molecule has 0 radical (unpaired) electrons. The standard InChI is InChI=1S/C17H31N3O2/c1-5-6-7-10-19-13-20(16(2,3)4)11-14(19)15(22)18-17(12-21)8-9-17/h11,21H,5-10,12-13H2,1-4H3,(H,18,22). The average molecular weight is 309 g/mol. The Kier molecular flexibility index (Phi) is 5.05. The average Bonchev–Trinajstić information content (AvgIpc) is 3.07. The van der Waals surface area contributed by atoms with Crippen LogP contribution >= 0.6 is 0 Å². The number of rotatable bonds is 7. The number of carbonyl (C=O) groups excluding carboxylic acids is 1. The highest BCUT2D eigenvalue weighted by atomic mass is 16.3. The summed E-state index contributed by atoms with van der Waals surface area (Å²) in [6, 6.07) is 0. The Balaban J connectivity index is 2.05. The van der Waals surface area contributed by atoms with Gasteiger partial charge in [0.05, 0.1) is 18.8 Å². The van der Waals surface area contributed by atoms with Crippen LogP contribution in [0.25, 0.3) is 0 Å². The molecule has 0 atom stereocenters. The topological polar surface area (TPSA) is 55.8 Å². The Labute approximate surface area is 134 Å². The molecule has 22 heavy (non-hydrogen) atoms. The first-order chi connectivity index (χ1) is 10.3. The summed E-state index contributed by atoms with van der Waals surface area (Å²) < 4.78 is 0. The number of aliphatic hydroxyl groups is 1. The molecule has 0 aromatic heterocycles. The SMILES string of the molecule is CCCCCN1CN(C(C)(C)C)C=C1C(=O)NC1(CO)CC1. The van der Waals surface area contributed by atoms with Gasteiger partial charge < -0.3 is 20.2 Å². The van der Waals surface area contributed by atoms with E-state index in [0.717, 1.165) is 38.2 Å². The minimum absolute atomic E-state index is 0.000712. The van der Waals surface area contributed by atoms with Gasteiger partial charge in [-0.1, -0.05) is 19.8 Å². The molecular formula is C17H31N3O2. The van der Waals surface area contributed by atoms with Crippen LogP contribution in [0.15, 0.2) is 11.9 Å². The van der Waals surface area contributed by atoms with Crippen LogP contribution in [0.1, 0.15) is 59.8 Å². The van der Waals surface area contributed by atoms with Crippen LogP contribution in [0.3, 0.4) is 0 Å². The first-order valence-corrected chi connectivity index (χ1v) is 8.48. The zero-order valence-electron chi connectivity index (χ0n) is 14.5. The number of aliphatic hydroxyl groups excluding tert-OH is 1. The monoisotopic (exact) mass is 309 g/mol. The van der Waals surface area contributed by atoms with E-state index in [1.165, 1.54) is 12.8 Å². The maximum Gasteiger partial charge on any atom is 0.269 e. The molecule has 1 saturated carbocycles. The van der Waals surface area contributed by atoms with Crippen LogP contribution in [0, 0.1) is 0 Å². The van der Waals surface area contributed by atoms with E-state index in [0.29, 0.717) is 0 Å². The fraction of sp³-hybridized carbons (Fsp3) is 0.824. The van der Waals surface area contributed by atoms with Gasteiger partial charge in [-0.05, 0) is 40.0 Å². The van der Waals surface area contributed by atoms with Crippen molar-refractivity contribution in [3.8, 4) is 0 Å². The van der Waals surface area contributed by atoms with Crippen molar-refractivity contribution in [2.75, 3.05) is 19.8 Å². The maximum absolute atomic E-state index is 12.6. The second-order valence-corrected chi connectivity index (χ2v) is 7.66. The quantitative estimate of drug-likeness (QED) is 0.707. The minimum Gasteiger partial charge on any atom is -0.394 e. The molecule has 0 aromatic carbocycles. The molecule has 1 aliphatic heterocycles. The van der Waals surface area contributed by atoms with Crippen molar-refractivity contribution in [1.29, 1.82) is 0 Å². The third-order valence-electron chi connectivity index (χ3n) is 4.60. The molecule has 1 aliphatic carbocycles. The van der Waals surface area contributed by atoms with E-state index >= 15 is 0 Å². The molecule has 0 aromatic rings. The lowest BCUT2D eigenvalue weighted by atomic mass is 10.1. The molecule has 0 bridgehead atoms. The van der Waals surface area contributed by atoms with Gasteiger partial charge in [0.15, 0.2) is 0 Å². The summed E-state index contributed by atoms with van der Waals surface area (Å²) in [5.74, 6) is -0.0465. The van der Waals surface area contributed by atoms with E-state index in [1.807, 2.05) is 6.20 Å². The molecule has 2 N–H and O–H groups in total. The molecule has 1 fully saturated rings. The summed E-state index contributed by atoms with van der Waals surface area (Å²) in [7, 11) is 0. The molecule has 0 saturated heterocycles. The smallest absolute Gasteiger partial charge is 0.269 e. The Morgan fingerprint density at radius 1 is 1.36 bits per heavy atom. The Hall–Kier alpha value is -1.23. The van der Waals surface area contributed by atoms with E-state index in [4.69, 9.17) is 0 Å². The summed E-state index contributed by atoms with van der Waals surface area (Å²) in [4.78, 5) is 17.0. The fourth-order valence-corrected chi connectivity index (χ4v) is 2.66. The Morgan fingerprint density at radius 2 is 2.05 bits per heavy atom. The van der Waals surface area contributed by atoms with E-state index in [9.17, 15) is 9.90 Å². The van der Waals surface area contributed by atoms with E-state index in [-0.39, 0.29) is 23.6 Å². The second-order valence-electron chi connectivity index (χ2n) is 7.66. The van der Waals surface area contributed by atoms with Gasteiger partial charge in [-0.3, -0.25) is 4.79 Å². The number of nitrogens with zero attached hydrogens (tertiary/aromatic N) is 2. The van der Waals surface area contributed by atoms with Gasteiger partial charge in [0.2, 0.25) is 0 Å². The van der Waals surface area contributed by atoms with E-state index in [2.05, 4.69) is 42.8 Å². The highest BCUT2D eigenvalue weighted by Gasteiger charge is 2.45. The summed E-state index contributed by atoms with van der Waals surface area (Å²) >= 11 is 0. The number of hydrogen-bond donors (Lipinski definition) is 2. The summed E-state index contributed by atoms with van der Waals surface area (Å²) in [5, 5.41) is 12.4. The van der Waals surface area contributed by atoms with Crippen molar-refractivity contribution in [3.05, 3.63) is 11.9 Å². The van der Waals surface area contributed by atoms with Crippen molar-refractivity contribution in [3.63, 3.8) is 0 Å². The minimum atomic E-state index is -0.359. The van der Waals surface area contributed by atoms with Gasteiger partial charge in [0, 0.05) is 18.3 Å². The maximum atomic E-state index is 12.6. The normalized spacial score (nSPS) is 20.1. The molecule has 0 spiro atoms. The van der Waals surface area contributed by atoms with Crippen molar-refractivity contribution >= 4 is 5.91 Å². The lowest BCUT2D eigenvalue weighted by Crippen LogP contribution is -2.43. The van der Waals surface area contributed by atoms with Gasteiger partial charge >= 0.3 is 0 Å². The van der Waals surface area contributed by atoms with Crippen LogP contribution in [0.2, 0.25) is 0 Å². The fourth-order valence-electron chi connectivity index (χ4n) is 2.66. The molecule has 1 amide bonds. The summed E-state index contributed by atoms with van der Waals surface area (Å²) in [6.07, 6.45) is 7.19. The van der Waals surface area contributed by atoms with Gasteiger partial charge in [-0.15, -0.1) is 0 Å². The Morgan fingerprint density at radius 3 is 2.55 bits per heavy atom. The van der Waals surface area contributed by atoms with Crippen LogP contribution in [0.4, 0.5) is 0 Å². The lowest BCUT2D eigenvalue weighted by Gasteiger charge is -2.33. The van der Waals surface area contributed by atoms with Crippen molar-refractivity contribution in [2.24, 2.45) is 0 Å². The first kappa shape index (κ1) is 17.1. The molecule has 126 valence electrons. The summed E-state index contributed by atoms with van der Waals surface area (Å²) in [6.45, 7) is 10.4. The molecule has 2 rings (SSSR count). The number of hydrogen-bond acceptors (Lipinski definition) is 4. The molecule has 5 heteroatoms. The zero-order valence-corrected chi connectivity index (χ0v) is 14.5. The molecule has 1 heterocycles. The molecular weight excluding hydrogens is 278 g/mol. The highest BCUT2D eigenvalue weighted by molar-refractivity contribution is 5.94. The zero-order chi connectivity index (χ0) is 16.4. The van der Waals surface area contributed by atoms with Crippen molar-refractivity contribution in [2.45, 2.75) is 70.9 Å². The van der Waals surface area contributed by atoms with Crippen LogP contribution < -0.4 is 5.32 Å². The van der Waals surface area contributed by atoms with Crippen molar-refractivity contribution < 1.29 is 9.90 Å². The van der Waals surface area contributed by atoms with Crippen molar-refractivity contribution in [1.82, 2.24) is 15.1 Å². The van der Waals surface area contributed by atoms with E-state index in [1.54, 1.807) is 0 Å². The first-order valence-electron chi connectivity index (χ1n) is 8.48. The third kappa shape index (κ3) is 3.94. The highest BCUT2D eigenvalue weighted by Crippen LogP contribution is 2.35. The van der Waals surface area contributed by atoms with Gasteiger partial charge in [-0.25, -0.2) is 0 Å². The third-order valence-corrected chi connectivity index (χ3v) is 4.60. The predicted octanol–water partition coefficient (Wildman–Crippen LogP) is 2.03. The second kappa shape index (κ2) is 6.49. The number of carbonyl (C=O) groups is 1. The number of amides is 1. The van der Waals surface area contributed by atoms with Crippen LogP contribution in [-0.2, 0) is 4.79 Å². The van der Waals surface area contributed by atoms with Crippen LogP contribution in [-0.4, -0.2) is 51.7 Å². The largest absolute Gasteiger partial charge is 0.394 e. The van der Waals surface area contributed by atoms with Crippen LogP contribution in [0.5, 0.6) is 0 Å².